The summed E-state index contributed by atoms with van der Waals surface area (Å²) in [5.74, 6) is 0.0965. The SMILES string of the molecule is O=C1N=C(c2ccccc2)CCN1c1ccccc1O. The molecule has 3 rings (SSSR count). The number of benzene rings is 2. The van der Waals surface area contributed by atoms with E-state index in [1.807, 2.05) is 30.3 Å². The van der Waals surface area contributed by atoms with E-state index < -0.39 is 0 Å². The molecule has 4 nitrogen and oxygen atoms in total. The van der Waals surface area contributed by atoms with Crippen LogP contribution in [0.4, 0.5) is 10.5 Å². The van der Waals surface area contributed by atoms with Gasteiger partial charge in [-0.15, -0.1) is 0 Å². The molecule has 0 spiro atoms. The van der Waals surface area contributed by atoms with Crippen molar-refractivity contribution in [1.29, 1.82) is 0 Å². The predicted octanol–water partition coefficient (Wildman–Crippen LogP) is 3.21. The molecule has 100 valence electrons. The van der Waals surface area contributed by atoms with Crippen LogP contribution in [0.15, 0.2) is 59.6 Å². The number of hydrogen-bond acceptors (Lipinski definition) is 2. The van der Waals surface area contributed by atoms with Gasteiger partial charge < -0.3 is 5.11 Å². The minimum absolute atomic E-state index is 0.0965. The highest BCUT2D eigenvalue weighted by Crippen LogP contribution is 2.29. The van der Waals surface area contributed by atoms with Crippen LogP contribution in [0.25, 0.3) is 0 Å². The van der Waals surface area contributed by atoms with Crippen molar-refractivity contribution in [1.82, 2.24) is 0 Å². The fourth-order valence-electron chi connectivity index (χ4n) is 2.30. The summed E-state index contributed by atoms with van der Waals surface area (Å²) in [6.07, 6.45) is 0.671. The van der Waals surface area contributed by atoms with Gasteiger partial charge in [0, 0.05) is 13.0 Å². The molecule has 0 bridgehead atoms. The average Bonchev–Trinajstić information content (AvgIpc) is 2.49. The van der Waals surface area contributed by atoms with E-state index in [4.69, 9.17) is 0 Å². The van der Waals surface area contributed by atoms with Crippen LogP contribution < -0.4 is 4.90 Å². The summed E-state index contributed by atoms with van der Waals surface area (Å²) < 4.78 is 0. The second-order valence-electron chi connectivity index (χ2n) is 4.60. The van der Waals surface area contributed by atoms with E-state index in [0.717, 1.165) is 11.3 Å². The van der Waals surface area contributed by atoms with Crippen molar-refractivity contribution in [3.05, 3.63) is 60.2 Å². The number of anilines is 1. The molecule has 0 radical (unpaired) electrons. The van der Waals surface area contributed by atoms with Gasteiger partial charge in [-0.2, -0.15) is 4.99 Å². The fourth-order valence-corrected chi connectivity index (χ4v) is 2.30. The summed E-state index contributed by atoms with van der Waals surface area (Å²) >= 11 is 0. The molecule has 0 aliphatic carbocycles. The van der Waals surface area contributed by atoms with Crippen molar-refractivity contribution in [2.45, 2.75) is 6.42 Å². The number of urea groups is 1. The Hall–Kier alpha value is -2.62. The molecule has 0 saturated heterocycles. The van der Waals surface area contributed by atoms with Crippen molar-refractivity contribution in [3.63, 3.8) is 0 Å². The number of para-hydroxylation sites is 2. The Morgan fingerprint density at radius 1 is 1.00 bits per heavy atom. The van der Waals surface area contributed by atoms with Crippen LogP contribution in [0.3, 0.4) is 0 Å². The minimum atomic E-state index is -0.336. The second kappa shape index (κ2) is 5.17. The van der Waals surface area contributed by atoms with Crippen LogP contribution in [0.5, 0.6) is 5.75 Å². The first-order valence-corrected chi connectivity index (χ1v) is 6.48. The van der Waals surface area contributed by atoms with Gasteiger partial charge in [-0.3, -0.25) is 4.90 Å². The molecule has 0 atom stereocenters. The van der Waals surface area contributed by atoms with Gasteiger partial charge in [0.25, 0.3) is 0 Å². The Morgan fingerprint density at radius 2 is 1.70 bits per heavy atom. The van der Waals surface area contributed by atoms with E-state index in [1.54, 1.807) is 24.3 Å². The standard InChI is InChI=1S/C16H14N2O2/c19-15-9-5-4-8-14(15)18-11-10-13(17-16(18)20)12-6-2-1-3-7-12/h1-9,19H,10-11H2. The summed E-state index contributed by atoms with van der Waals surface area (Å²) in [5.41, 5.74) is 2.27. The first kappa shape index (κ1) is 12.4. The van der Waals surface area contributed by atoms with E-state index in [9.17, 15) is 9.90 Å². The maximum Gasteiger partial charge on any atom is 0.348 e. The first-order valence-electron chi connectivity index (χ1n) is 6.48. The highest BCUT2D eigenvalue weighted by molar-refractivity contribution is 6.12. The molecule has 2 aromatic rings. The van der Waals surface area contributed by atoms with E-state index in [-0.39, 0.29) is 11.8 Å². The largest absolute Gasteiger partial charge is 0.506 e. The number of phenols is 1. The number of aliphatic imine (C=N–C) groups is 1. The van der Waals surface area contributed by atoms with Gasteiger partial charge in [-0.05, 0) is 17.7 Å². The summed E-state index contributed by atoms with van der Waals surface area (Å²) in [6.45, 7) is 0.518. The van der Waals surface area contributed by atoms with Crippen LogP contribution >= 0.6 is 0 Å². The van der Waals surface area contributed by atoms with Crippen LogP contribution in [0.2, 0.25) is 0 Å². The minimum Gasteiger partial charge on any atom is -0.506 e. The Balaban J connectivity index is 1.90. The Kier molecular flexibility index (Phi) is 3.21. The predicted molar refractivity (Wildman–Crippen MR) is 78.4 cm³/mol. The number of hydrogen-bond donors (Lipinski definition) is 1. The zero-order valence-corrected chi connectivity index (χ0v) is 10.9. The summed E-state index contributed by atoms with van der Waals surface area (Å²) in [5, 5.41) is 9.82. The van der Waals surface area contributed by atoms with Crippen LogP contribution in [0, 0.1) is 0 Å². The van der Waals surface area contributed by atoms with Gasteiger partial charge in [-0.25, -0.2) is 4.79 Å². The number of aromatic hydroxyl groups is 1. The molecule has 4 heteroatoms. The zero-order chi connectivity index (χ0) is 13.9. The molecular formula is C16H14N2O2. The Labute approximate surface area is 117 Å². The fraction of sp³-hybridized carbons (Fsp3) is 0.125. The lowest BCUT2D eigenvalue weighted by atomic mass is 10.1. The summed E-state index contributed by atoms with van der Waals surface area (Å²) in [4.78, 5) is 17.8. The van der Waals surface area contributed by atoms with Gasteiger partial charge in [0.15, 0.2) is 0 Å². The highest BCUT2D eigenvalue weighted by atomic mass is 16.3. The summed E-state index contributed by atoms with van der Waals surface area (Å²) in [6, 6.07) is 16.2. The second-order valence-corrected chi connectivity index (χ2v) is 4.60. The van der Waals surface area contributed by atoms with Gasteiger partial charge in [-0.1, -0.05) is 42.5 Å². The van der Waals surface area contributed by atoms with Crippen LogP contribution in [-0.4, -0.2) is 23.4 Å². The maximum atomic E-state index is 12.2. The topological polar surface area (TPSA) is 52.9 Å². The molecule has 1 heterocycles. The van der Waals surface area contributed by atoms with Crippen LogP contribution in [0.1, 0.15) is 12.0 Å². The third-order valence-electron chi connectivity index (χ3n) is 3.31. The Morgan fingerprint density at radius 3 is 2.40 bits per heavy atom. The number of rotatable bonds is 2. The lowest BCUT2D eigenvalue weighted by molar-refractivity contribution is 0.253. The molecule has 2 aromatic carbocycles. The van der Waals surface area contributed by atoms with Crippen molar-refractivity contribution in [3.8, 4) is 5.75 Å². The van der Waals surface area contributed by atoms with Gasteiger partial charge in [0.2, 0.25) is 0 Å². The third kappa shape index (κ3) is 2.28. The quantitative estimate of drug-likeness (QED) is 0.907. The Bertz CT molecular complexity index is 665. The van der Waals surface area contributed by atoms with E-state index in [1.165, 1.54) is 4.90 Å². The lowest BCUT2D eigenvalue weighted by Gasteiger charge is -2.25. The maximum absolute atomic E-state index is 12.2. The molecule has 0 unspecified atom stereocenters. The number of carbonyl (C=O) groups excluding carboxylic acids is 1. The van der Waals surface area contributed by atoms with Gasteiger partial charge >= 0.3 is 6.03 Å². The molecule has 0 saturated carbocycles. The van der Waals surface area contributed by atoms with E-state index >= 15 is 0 Å². The molecule has 0 fully saturated rings. The van der Waals surface area contributed by atoms with Crippen LogP contribution in [-0.2, 0) is 0 Å². The number of carbonyl (C=O) groups is 1. The average molecular weight is 266 g/mol. The zero-order valence-electron chi connectivity index (χ0n) is 10.9. The van der Waals surface area contributed by atoms with Crippen molar-refractivity contribution in [2.24, 2.45) is 4.99 Å². The lowest BCUT2D eigenvalue weighted by Crippen LogP contribution is -2.35. The number of phenolic OH excluding ortho intramolecular Hbond substituents is 1. The van der Waals surface area contributed by atoms with Gasteiger partial charge in [0.1, 0.15) is 5.75 Å². The molecule has 0 aromatic heterocycles. The van der Waals surface area contributed by atoms with Crippen molar-refractivity contribution < 1.29 is 9.90 Å². The van der Waals surface area contributed by atoms with Crippen molar-refractivity contribution >= 4 is 17.4 Å². The smallest absolute Gasteiger partial charge is 0.348 e. The van der Waals surface area contributed by atoms with E-state index in [0.29, 0.717) is 18.7 Å². The third-order valence-corrected chi connectivity index (χ3v) is 3.31. The molecule has 20 heavy (non-hydrogen) atoms. The molecule has 1 N–H and O–H groups in total. The normalized spacial score (nSPS) is 15.1. The first-order chi connectivity index (χ1) is 9.75. The monoisotopic (exact) mass is 266 g/mol. The molecule has 2 amide bonds. The van der Waals surface area contributed by atoms with Gasteiger partial charge in [0.05, 0.1) is 11.4 Å². The molecule has 1 aliphatic rings. The summed E-state index contributed by atoms with van der Waals surface area (Å²) in [7, 11) is 0. The highest BCUT2D eigenvalue weighted by Gasteiger charge is 2.23. The number of amides is 2. The molecular weight excluding hydrogens is 252 g/mol. The number of nitrogens with zero attached hydrogens (tertiary/aromatic N) is 2. The van der Waals surface area contributed by atoms with E-state index in [2.05, 4.69) is 4.99 Å². The van der Waals surface area contributed by atoms with Crippen molar-refractivity contribution in [2.75, 3.05) is 11.4 Å². The molecule has 1 aliphatic heterocycles.